The van der Waals surface area contributed by atoms with E-state index in [4.69, 9.17) is 0 Å². The van der Waals surface area contributed by atoms with Crippen LogP contribution in [-0.2, 0) is 0 Å². The van der Waals surface area contributed by atoms with Gasteiger partial charge in [-0.25, -0.2) is 0 Å². The van der Waals surface area contributed by atoms with Gasteiger partial charge in [0.25, 0.3) is 0 Å². The van der Waals surface area contributed by atoms with Gasteiger partial charge in [0.2, 0.25) is 0 Å². The van der Waals surface area contributed by atoms with Crippen LogP contribution < -0.4 is 0 Å². The Hall–Kier alpha value is -0.0800. The molecule has 1 saturated heterocycles. The molecule has 2 nitrogen and oxygen atoms in total. The summed E-state index contributed by atoms with van der Waals surface area (Å²) in [6, 6.07) is 0.505. The number of likely N-dealkylation sites (tertiary alicyclic amines) is 1. The van der Waals surface area contributed by atoms with Crippen molar-refractivity contribution in [1.29, 1.82) is 0 Å². The van der Waals surface area contributed by atoms with Crippen LogP contribution in [0.3, 0.4) is 0 Å². The third-order valence-corrected chi connectivity index (χ3v) is 4.90. The first-order valence-electron chi connectivity index (χ1n) is 6.71. The first kappa shape index (κ1) is 10.1. The summed E-state index contributed by atoms with van der Waals surface area (Å²) in [5.74, 6) is 0. The van der Waals surface area contributed by atoms with Crippen molar-refractivity contribution in [2.45, 2.75) is 63.5 Å². The van der Waals surface area contributed by atoms with Gasteiger partial charge in [-0.15, -0.1) is 0 Å². The van der Waals surface area contributed by atoms with E-state index in [2.05, 4.69) is 4.90 Å². The molecule has 3 fully saturated rings. The minimum absolute atomic E-state index is 0.0301. The number of aliphatic hydroxyl groups is 1. The fourth-order valence-electron chi connectivity index (χ4n) is 4.01. The molecule has 0 radical (unpaired) electrons. The van der Waals surface area contributed by atoms with Gasteiger partial charge >= 0.3 is 0 Å². The van der Waals surface area contributed by atoms with Crippen LogP contribution in [0.4, 0.5) is 0 Å². The maximum Gasteiger partial charge on any atom is 0.0695 e. The van der Waals surface area contributed by atoms with Crippen LogP contribution in [0.1, 0.15) is 51.4 Å². The molecule has 1 spiro atoms. The standard InChI is InChI=1S/C13H23NO/c15-12-6-2-1-5-11(12)14-9-13(10-14)7-3-4-8-13/h11-12,15H,1-10H2. The average Bonchev–Trinajstić information content (AvgIpc) is 2.65. The lowest BCUT2D eigenvalue weighted by Crippen LogP contribution is -2.61. The summed E-state index contributed by atoms with van der Waals surface area (Å²) in [7, 11) is 0. The SMILES string of the molecule is OC1CCCCC1N1CC2(CCCC2)C1. The Morgan fingerprint density at radius 2 is 1.60 bits per heavy atom. The summed E-state index contributed by atoms with van der Waals surface area (Å²) in [6.07, 6.45) is 10.6. The quantitative estimate of drug-likeness (QED) is 0.715. The molecule has 2 heteroatoms. The number of rotatable bonds is 1. The summed E-state index contributed by atoms with van der Waals surface area (Å²) < 4.78 is 0. The topological polar surface area (TPSA) is 23.5 Å². The molecule has 1 N–H and O–H groups in total. The van der Waals surface area contributed by atoms with E-state index in [-0.39, 0.29) is 6.10 Å². The second-order valence-electron chi connectivity index (χ2n) is 6.03. The average molecular weight is 209 g/mol. The Morgan fingerprint density at radius 3 is 2.27 bits per heavy atom. The van der Waals surface area contributed by atoms with E-state index in [9.17, 15) is 5.11 Å². The minimum atomic E-state index is -0.0301. The molecule has 2 unspecified atom stereocenters. The molecule has 3 aliphatic rings. The molecule has 2 aliphatic carbocycles. The van der Waals surface area contributed by atoms with Crippen molar-refractivity contribution < 1.29 is 5.11 Å². The van der Waals surface area contributed by atoms with E-state index in [0.717, 1.165) is 6.42 Å². The van der Waals surface area contributed by atoms with Gasteiger partial charge in [-0.1, -0.05) is 25.7 Å². The highest BCUT2D eigenvalue weighted by Gasteiger charge is 2.48. The van der Waals surface area contributed by atoms with E-state index in [1.807, 2.05) is 0 Å². The Balaban J connectivity index is 1.57. The molecule has 0 amide bonds. The van der Waals surface area contributed by atoms with Crippen molar-refractivity contribution in [3.05, 3.63) is 0 Å². The number of hydrogen-bond acceptors (Lipinski definition) is 2. The second kappa shape index (κ2) is 3.74. The molecule has 3 rings (SSSR count). The van der Waals surface area contributed by atoms with Crippen LogP contribution >= 0.6 is 0 Å². The lowest BCUT2D eigenvalue weighted by molar-refractivity contribution is -0.0791. The van der Waals surface area contributed by atoms with Crippen molar-refractivity contribution in [3.63, 3.8) is 0 Å². The smallest absolute Gasteiger partial charge is 0.0695 e. The molecule has 0 bridgehead atoms. The second-order valence-corrected chi connectivity index (χ2v) is 6.03. The van der Waals surface area contributed by atoms with Crippen molar-refractivity contribution in [2.75, 3.05) is 13.1 Å². The third-order valence-electron chi connectivity index (χ3n) is 4.90. The molecule has 86 valence electrons. The lowest BCUT2D eigenvalue weighted by atomic mass is 9.75. The maximum atomic E-state index is 9.99. The zero-order valence-electron chi connectivity index (χ0n) is 9.62. The summed E-state index contributed by atoms with van der Waals surface area (Å²) >= 11 is 0. The molecule has 15 heavy (non-hydrogen) atoms. The number of nitrogens with zero attached hydrogens (tertiary/aromatic N) is 1. The van der Waals surface area contributed by atoms with Crippen molar-refractivity contribution in [1.82, 2.24) is 4.90 Å². The highest BCUT2D eigenvalue weighted by molar-refractivity contribution is 5.01. The fourth-order valence-corrected chi connectivity index (χ4v) is 4.01. The molecule has 1 heterocycles. The van der Waals surface area contributed by atoms with E-state index < -0.39 is 0 Å². The monoisotopic (exact) mass is 209 g/mol. The van der Waals surface area contributed by atoms with Crippen molar-refractivity contribution >= 4 is 0 Å². The fraction of sp³-hybridized carbons (Fsp3) is 1.00. The Kier molecular flexibility index (Phi) is 2.52. The highest BCUT2D eigenvalue weighted by Crippen LogP contribution is 2.47. The zero-order valence-corrected chi connectivity index (χ0v) is 9.62. The lowest BCUT2D eigenvalue weighted by Gasteiger charge is -2.53. The zero-order chi connectivity index (χ0) is 10.3. The first-order valence-corrected chi connectivity index (χ1v) is 6.71. The number of hydrogen-bond donors (Lipinski definition) is 1. The van der Waals surface area contributed by atoms with Gasteiger partial charge in [-0.3, -0.25) is 4.90 Å². The normalized spacial score (nSPS) is 40.6. The molecule has 2 atom stereocenters. The summed E-state index contributed by atoms with van der Waals surface area (Å²) in [5.41, 5.74) is 0.692. The largest absolute Gasteiger partial charge is 0.391 e. The van der Waals surface area contributed by atoms with Crippen LogP contribution in [0, 0.1) is 5.41 Å². The minimum Gasteiger partial charge on any atom is -0.391 e. The molecule has 0 aromatic carbocycles. The van der Waals surface area contributed by atoms with Gasteiger partial charge in [-0.05, 0) is 31.1 Å². The van der Waals surface area contributed by atoms with Crippen LogP contribution in [0.5, 0.6) is 0 Å². The highest BCUT2D eigenvalue weighted by atomic mass is 16.3. The third kappa shape index (κ3) is 1.72. The molecular weight excluding hydrogens is 186 g/mol. The van der Waals surface area contributed by atoms with Gasteiger partial charge in [0.15, 0.2) is 0 Å². The summed E-state index contributed by atoms with van der Waals surface area (Å²) in [6.45, 7) is 2.57. The van der Waals surface area contributed by atoms with Gasteiger partial charge in [0, 0.05) is 19.1 Å². The Bertz CT molecular complexity index is 227. The molecular formula is C13H23NO. The van der Waals surface area contributed by atoms with Gasteiger partial charge in [0.05, 0.1) is 6.10 Å². The van der Waals surface area contributed by atoms with Crippen LogP contribution in [-0.4, -0.2) is 35.2 Å². The molecule has 2 saturated carbocycles. The number of aliphatic hydroxyl groups excluding tert-OH is 1. The maximum absolute atomic E-state index is 9.99. The summed E-state index contributed by atoms with van der Waals surface area (Å²) in [4.78, 5) is 2.56. The molecule has 0 aromatic heterocycles. The first-order chi connectivity index (χ1) is 7.29. The van der Waals surface area contributed by atoms with Crippen LogP contribution in [0.25, 0.3) is 0 Å². The van der Waals surface area contributed by atoms with Gasteiger partial charge in [0.1, 0.15) is 0 Å². The predicted octanol–water partition coefficient (Wildman–Crippen LogP) is 2.17. The van der Waals surface area contributed by atoms with Gasteiger partial charge in [-0.2, -0.15) is 0 Å². The molecule has 0 aromatic rings. The van der Waals surface area contributed by atoms with E-state index in [0.29, 0.717) is 11.5 Å². The van der Waals surface area contributed by atoms with Crippen molar-refractivity contribution in [2.24, 2.45) is 5.41 Å². The van der Waals surface area contributed by atoms with E-state index in [1.165, 1.54) is 58.0 Å². The van der Waals surface area contributed by atoms with E-state index in [1.54, 1.807) is 0 Å². The van der Waals surface area contributed by atoms with Crippen molar-refractivity contribution in [3.8, 4) is 0 Å². The molecule has 1 aliphatic heterocycles. The predicted molar refractivity (Wildman–Crippen MR) is 60.7 cm³/mol. The van der Waals surface area contributed by atoms with Gasteiger partial charge < -0.3 is 5.11 Å². The van der Waals surface area contributed by atoms with Crippen LogP contribution in [0.15, 0.2) is 0 Å². The van der Waals surface area contributed by atoms with E-state index >= 15 is 0 Å². The van der Waals surface area contributed by atoms with Crippen LogP contribution in [0.2, 0.25) is 0 Å². The Labute approximate surface area is 92.7 Å². The Morgan fingerprint density at radius 1 is 0.933 bits per heavy atom. The summed E-state index contributed by atoms with van der Waals surface area (Å²) in [5, 5.41) is 9.99.